The number of aliphatic hydroxyl groups is 2. The molecule has 0 spiro atoms. The molecule has 0 aliphatic heterocycles. The molecule has 3 N–H and O–H groups in total. The van der Waals surface area contributed by atoms with Gasteiger partial charge in [-0.15, -0.1) is 0 Å². The number of nitrogens with zero attached hydrogens (tertiary/aromatic N) is 1. The van der Waals surface area contributed by atoms with Crippen molar-refractivity contribution >= 4 is 5.91 Å². The number of aliphatic hydroxyl groups excluding tert-OH is 2. The fraction of sp³-hybridized carbons (Fsp3) is 0.833. The molecule has 1 aliphatic rings. The van der Waals surface area contributed by atoms with E-state index < -0.39 is 11.0 Å². The van der Waals surface area contributed by atoms with Gasteiger partial charge in [-0.2, -0.15) is 5.26 Å². The molecule has 0 saturated heterocycles. The van der Waals surface area contributed by atoms with Crippen LogP contribution in [0.5, 0.6) is 0 Å². The normalized spacial score (nSPS) is 19.4. The smallest absolute Gasteiger partial charge is 0.241 e. The van der Waals surface area contributed by atoms with Crippen molar-refractivity contribution in [1.82, 2.24) is 5.32 Å². The Morgan fingerprint density at radius 3 is 2.29 bits per heavy atom. The molecule has 0 heterocycles. The minimum atomic E-state index is -1.06. The second-order valence-corrected chi connectivity index (χ2v) is 5.09. The van der Waals surface area contributed by atoms with Crippen LogP contribution in [0.25, 0.3) is 0 Å². The third-order valence-corrected chi connectivity index (χ3v) is 3.47. The Labute approximate surface area is 101 Å². The SMILES string of the molecule is CC(CO)(CO)NC(=O)C1(C#N)CCCCC1. The summed E-state index contributed by atoms with van der Waals surface area (Å²) in [6.07, 6.45) is 3.91. The lowest BCUT2D eigenvalue weighted by Crippen LogP contribution is -2.56. The Kier molecular flexibility index (Phi) is 4.49. The van der Waals surface area contributed by atoms with Crippen LogP contribution in [0, 0.1) is 16.7 Å². The molecule has 1 amide bonds. The lowest BCUT2D eigenvalue weighted by Gasteiger charge is -2.34. The van der Waals surface area contributed by atoms with E-state index in [1.165, 1.54) is 0 Å². The van der Waals surface area contributed by atoms with Gasteiger partial charge in [0.05, 0.1) is 24.8 Å². The van der Waals surface area contributed by atoms with Gasteiger partial charge >= 0.3 is 0 Å². The van der Waals surface area contributed by atoms with Crippen molar-refractivity contribution in [3.05, 3.63) is 0 Å². The Morgan fingerprint density at radius 2 is 1.88 bits per heavy atom. The summed E-state index contributed by atoms with van der Waals surface area (Å²) >= 11 is 0. The lowest BCUT2D eigenvalue weighted by molar-refractivity contribution is -0.132. The van der Waals surface area contributed by atoms with E-state index >= 15 is 0 Å². The molecule has 1 rings (SSSR count). The fourth-order valence-electron chi connectivity index (χ4n) is 2.07. The van der Waals surface area contributed by atoms with E-state index in [1.54, 1.807) is 6.92 Å². The summed E-state index contributed by atoms with van der Waals surface area (Å²) in [6, 6.07) is 2.11. The highest BCUT2D eigenvalue weighted by molar-refractivity contribution is 5.86. The van der Waals surface area contributed by atoms with Crippen LogP contribution in [0.1, 0.15) is 39.0 Å². The Morgan fingerprint density at radius 1 is 1.35 bits per heavy atom. The van der Waals surface area contributed by atoms with Gasteiger partial charge in [0.2, 0.25) is 5.91 Å². The molecule has 1 fully saturated rings. The van der Waals surface area contributed by atoms with Gasteiger partial charge in [-0.25, -0.2) is 0 Å². The molecule has 0 unspecified atom stereocenters. The maximum absolute atomic E-state index is 12.1. The van der Waals surface area contributed by atoms with E-state index in [4.69, 9.17) is 10.2 Å². The first-order valence-corrected chi connectivity index (χ1v) is 5.97. The van der Waals surface area contributed by atoms with Crippen LogP contribution in [-0.4, -0.2) is 34.9 Å². The minimum absolute atomic E-state index is 0.350. The molecular weight excluding hydrogens is 220 g/mol. The number of amides is 1. The first-order chi connectivity index (χ1) is 8.02. The quantitative estimate of drug-likeness (QED) is 0.659. The van der Waals surface area contributed by atoms with Crippen molar-refractivity contribution in [2.24, 2.45) is 5.41 Å². The highest BCUT2D eigenvalue weighted by Crippen LogP contribution is 2.36. The molecule has 1 aliphatic carbocycles. The van der Waals surface area contributed by atoms with Gasteiger partial charge in [0, 0.05) is 0 Å². The molecule has 96 valence electrons. The summed E-state index contributed by atoms with van der Waals surface area (Å²) in [4.78, 5) is 12.1. The van der Waals surface area contributed by atoms with Gasteiger partial charge in [-0.1, -0.05) is 19.3 Å². The molecule has 5 heteroatoms. The minimum Gasteiger partial charge on any atom is -0.394 e. The lowest BCUT2D eigenvalue weighted by atomic mass is 9.74. The first kappa shape index (κ1) is 13.9. The second kappa shape index (κ2) is 5.48. The van der Waals surface area contributed by atoms with E-state index in [2.05, 4.69) is 11.4 Å². The maximum atomic E-state index is 12.1. The summed E-state index contributed by atoms with van der Waals surface area (Å²) in [6.45, 7) is 0.853. The number of hydrogen-bond acceptors (Lipinski definition) is 4. The maximum Gasteiger partial charge on any atom is 0.241 e. The van der Waals surface area contributed by atoms with Gasteiger partial charge in [0.15, 0.2) is 0 Å². The molecule has 0 radical (unpaired) electrons. The Balaban J connectivity index is 2.77. The van der Waals surface area contributed by atoms with Gasteiger partial charge < -0.3 is 15.5 Å². The van der Waals surface area contributed by atoms with Crippen molar-refractivity contribution < 1.29 is 15.0 Å². The standard InChI is InChI=1S/C12H20N2O3/c1-11(8-15,9-16)14-10(17)12(7-13)5-3-2-4-6-12/h15-16H,2-6,8-9H2,1H3,(H,14,17). The monoisotopic (exact) mass is 240 g/mol. The van der Waals surface area contributed by atoms with Crippen molar-refractivity contribution in [3.8, 4) is 6.07 Å². The molecule has 0 bridgehead atoms. The number of nitriles is 1. The largest absolute Gasteiger partial charge is 0.394 e. The Bertz CT molecular complexity index is 312. The van der Waals surface area contributed by atoms with Gasteiger partial charge in [-0.3, -0.25) is 4.79 Å². The second-order valence-electron chi connectivity index (χ2n) is 5.09. The average Bonchev–Trinajstić information content (AvgIpc) is 2.39. The zero-order valence-electron chi connectivity index (χ0n) is 10.2. The van der Waals surface area contributed by atoms with Crippen molar-refractivity contribution in [2.45, 2.75) is 44.6 Å². The number of carbonyl (C=O) groups is 1. The Hall–Kier alpha value is -1.12. The van der Waals surface area contributed by atoms with Crippen LogP contribution in [0.3, 0.4) is 0 Å². The van der Waals surface area contributed by atoms with E-state index in [0.717, 1.165) is 19.3 Å². The van der Waals surface area contributed by atoms with Crippen LogP contribution in [0.4, 0.5) is 0 Å². The summed E-state index contributed by atoms with van der Waals surface area (Å²) in [5.74, 6) is -0.370. The van der Waals surface area contributed by atoms with Crippen molar-refractivity contribution in [3.63, 3.8) is 0 Å². The highest BCUT2D eigenvalue weighted by atomic mass is 16.3. The predicted octanol–water partition coefficient (Wildman–Crippen LogP) is 0.320. The number of rotatable bonds is 4. The van der Waals surface area contributed by atoms with Crippen LogP contribution >= 0.6 is 0 Å². The van der Waals surface area contributed by atoms with Crippen molar-refractivity contribution in [2.75, 3.05) is 13.2 Å². The van der Waals surface area contributed by atoms with Gasteiger partial charge in [0.25, 0.3) is 0 Å². The van der Waals surface area contributed by atoms with Crippen LogP contribution < -0.4 is 5.32 Å². The van der Waals surface area contributed by atoms with Crippen LogP contribution in [0.2, 0.25) is 0 Å². The molecule has 1 saturated carbocycles. The van der Waals surface area contributed by atoms with Crippen molar-refractivity contribution in [1.29, 1.82) is 5.26 Å². The highest BCUT2D eigenvalue weighted by Gasteiger charge is 2.42. The third-order valence-electron chi connectivity index (χ3n) is 3.47. The van der Waals surface area contributed by atoms with E-state index in [1.807, 2.05) is 0 Å². The summed E-state index contributed by atoms with van der Waals surface area (Å²) < 4.78 is 0. The third kappa shape index (κ3) is 2.96. The first-order valence-electron chi connectivity index (χ1n) is 5.97. The molecule has 0 aromatic carbocycles. The van der Waals surface area contributed by atoms with Gasteiger partial charge in [0.1, 0.15) is 5.41 Å². The number of nitrogens with one attached hydrogen (secondary N) is 1. The zero-order chi connectivity index (χ0) is 12.9. The summed E-state index contributed by atoms with van der Waals surface area (Å²) in [5.41, 5.74) is -2.04. The molecule has 0 atom stereocenters. The predicted molar refractivity (Wildman–Crippen MR) is 61.9 cm³/mol. The molecule has 17 heavy (non-hydrogen) atoms. The zero-order valence-corrected chi connectivity index (χ0v) is 10.2. The topological polar surface area (TPSA) is 93.3 Å². The average molecular weight is 240 g/mol. The van der Waals surface area contributed by atoms with Crippen LogP contribution in [-0.2, 0) is 4.79 Å². The number of carbonyl (C=O) groups excluding carboxylic acids is 1. The molecule has 0 aromatic rings. The summed E-state index contributed by atoms with van der Waals surface area (Å²) in [5, 5.41) is 30.1. The molecule has 0 aromatic heterocycles. The van der Waals surface area contributed by atoms with E-state index in [0.29, 0.717) is 12.8 Å². The molecule has 5 nitrogen and oxygen atoms in total. The van der Waals surface area contributed by atoms with Crippen LogP contribution in [0.15, 0.2) is 0 Å². The summed E-state index contributed by atoms with van der Waals surface area (Å²) in [7, 11) is 0. The molecular formula is C12H20N2O3. The van der Waals surface area contributed by atoms with E-state index in [9.17, 15) is 10.1 Å². The van der Waals surface area contributed by atoms with E-state index in [-0.39, 0.29) is 19.1 Å². The fourth-order valence-corrected chi connectivity index (χ4v) is 2.07. The number of hydrogen-bond donors (Lipinski definition) is 3. The van der Waals surface area contributed by atoms with Gasteiger partial charge in [-0.05, 0) is 19.8 Å².